The molecule has 0 aromatic carbocycles. The minimum Gasteiger partial charge on any atom is -0.308 e. The first-order valence-electron chi connectivity index (χ1n) is 7.72. The van der Waals surface area contributed by atoms with Crippen molar-refractivity contribution in [3.8, 4) is 0 Å². The number of aryl methyl sites for hydroxylation is 1. The van der Waals surface area contributed by atoms with E-state index in [1.165, 1.54) is 25.7 Å². The number of nitrogens with one attached hydrogen (secondary N) is 1. The molecule has 1 aliphatic rings. The standard InChI is InChI=1S/C16H27N3/c1-4-8-17-16(14-7-5-6-12(2)9-14)15-11-18-13(3)10-19-15/h10-12,14,16-17H,4-9H2,1-3H3. The fourth-order valence-electron chi connectivity index (χ4n) is 3.16. The second-order valence-corrected chi connectivity index (χ2v) is 6.05. The molecule has 3 atom stereocenters. The molecule has 3 heteroatoms. The van der Waals surface area contributed by atoms with E-state index in [-0.39, 0.29) is 0 Å². The summed E-state index contributed by atoms with van der Waals surface area (Å²) in [6, 6.07) is 0.385. The molecule has 0 spiro atoms. The van der Waals surface area contributed by atoms with E-state index in [0.29, 0.717) is 12.0 Å². The molecule has 0 saturated heterocycles. The van der Waals surface area contributed by atoms with Crippen LogP contribution < -0.4 is 5.32 Å². The second-order valence-electron chi connectivity index (χ2n) is 6.05. The summed E-state index contributed by atoms with van der Waals surface area (Å²) in [4.78, 5) is 9.03. The molecule has 1 fully saturated rings. The van der Waals surface area contributed by atoms with Gasteiger partial charge in [0.25, 0.3) is 0 Å². The van der Waals surface area contributed by atoms with Crippen LogP contribution >= 0.6 is 0 Å². The summed E-state index contributed by atoms with van der Waals surface area (Å²) in [5.41, 5.74) is 2.12. The number of hydrogen-bond acceptors (Lipinski definition) is 3. The Labute approximate surface area is 117 Å². The topological polar surface area (TPSA) is 37.8 Å². The first kappa shape index (κ1) is 14.4. The van der Waals surface area contributed by atoms with Crippen molar-refractivity contribution in [3.63, 3.8) is 0 Å². The Morgan fingerprint density at radius 1 is 1.32 bits per heavy atom. The quantitative estimate of drug-likeness (QED) is 0.879. The summed E-state index contributed by atoms with van der Waals surface area (Å²) in [5.74, 6) is 1.57. The average molecular weight is 261 g/mol. The van der Waals surface area contributed by atoms with Gasteiger partial charge in [-0.1, -0.05) is 26.7 Å². The molecule has 0 amide bonds. The van der Waals surface area contributed by atoms with Gasteiger partial charge < -0.3 is 5.32 Å². The maximum Gasteiger partial charge on any atom is 0.0759 e. The molecule has 19 heavy (non-hydrogen) atoms. The van der Waals surface area contributed by atoms with E-state index in [0.717, 1.165) is 30.3 Å². The van der Waals surface area contributed by atoms with E-state index in [2.05, 4.69) is 29.1 Å². The Hall–Kier alpha value is -0.960. The summed E-state index contributed by atoms with van der Waals surface area (Å²) in [7, 11) is 0. The van der Waals surface area contributed by atoms with Crippen molar-refractivity contribution in [2.75, 3.05) is 6.54 Å². The lowest BCUT2D eigenvalue weighted by molar-refractivity contribution is 0.221. The van der Waals surface area contributed by atoms with Crippen molar-refractivity contribution >= 4 is 0 Å². The fraction of sp³-hybridized carbons (Fsp3) is 0.750. The third kappa shape index (κ3) is 4.00. The van der Waals surface area contributed by atoms with Crippen molar-refractivity contribution < 1.29 is 0 Å². The highest BCUT2D eigenvalue weighted by molar-refractivity contribution is 5.08. The highest BCUT2D eigenvalue weighted by Gasteiger charge is 2.28. The molecule has 3 nitrogen and oxygen atoms in total. The average Bonchev–Trinajstić information content (AvgIpc) is 2.41. The summed E-state index contributed by atoms with van der Waals surface area (Å²) in [6.07, 6.45) is 10.4. The van der Waals surface area contributed by atoms with Gasteiger partial charge in [-0.2, -0.15) is 0 Å². The van der Waals surface area contributed by atoms with Crippen molar-refractivity contribution in [1.29, 1.82) is 0 Å². The van der Waals surface area contributed by atoms with E-state index < -0.39 is 0 Å². The van der Waals surface area contributed by atoms with Crippen LogP contribution in [-0.2, 0) is 0 Å². The molecular weight excluding hydrogens is 234 g/mol. The summed E-state index contributed by atoms with van der Waals surface area (Å²) < 4.78 is 0. The SMILES string of the molecule is CCCNC(c1cnc(C)cn1)C1CCCC(C)C1. The van der Waals surface area contributed by atoms with Crippen LogP contribution in [0.15, 0.2) is 12.4 Å². The Morgan fingerprint density at radius 3 is 2.79 bits per heavy atom. The largest absolute Gasteiger partial charge is 0.308 e. The molecule has 0 radical (unpaired) electrons. The third-order valence-corrected chi connectivity index (χ3v) is 4.18. The number of hydrogen-bond donors (Lipinski definition) is 1. The Bertz CT molecular complexity index is 374. The van der Waals surface area contributed by atoms with Crippen LogP contribution in [0.5, 0.6) is 0 Å². The van der Waals surface area contributed by atoms with Crippen molar-refractivity contribution in [3.05, 3.63) is 23.8 Å². The summed E-state index contributed by atoms with van der Waals surface area (Å²) in [5, 5.41) is 3.69. The monoisotopic (exact) mass is 261 g/mol. The molecule has 2 rings (SSSR count). The maximum absolute atomic E-state index is 4.61. The van der Waals surface area contributed by atoms with Gasteiger partial charge in [0.2, 0.25) is 0 Å². The smallest absolute Gasteiger partial charge is 0.0759 e. The van der Waals surface area contributed by atoms with E-state index in [9.17, 15) is 0 Å². The molecule has 106 valence electrons. The first-order valence-corrected chi connectivity index (χ1v) is 7.72. The zero-order chi connectivity index (χ0) is 13.7. The number of rotatable bonds is 5. The van der Waals surface area contributed by atoms with Crippen LogP contribution in [0.3, 0.4) is 0 Å². The van der Waals surface area contributed by atoms with Gasteiger partial charge >= 0.3 is 0 Å². The van der Waals surface area contributed by atoms with Crippen molar-refractivity contribution in [2.45, 2.75) is 58.9 Å². The van der Waals surface area contributed by atoms with Crippen LogP contribution in [0, 0.1) is 18.8 Å². The minimum absolute atomic E-state index is 0.385. The lowest BCUT2D eigenvalue weighted by Gasteiger charge is -2.33. The molecular formula is C16H27N3. The molecule has 1 aliphatic carbocycles. The molecule has 0 bridgehead atoms. The van der Waals surface area contributed by atoms with Gasteiger partial charge in [0.05, 0.1) is 23.6 Å². The van der Waals surface area contributed by atoms with Gasteiger partial charge in [0, 0.05) is 6.20 Å². The van der Waals surface area contributed by atoms with Crippen LogP contribution in [0.1, 0.15) is 63.4 Å². The van der Waals surface area contributed by atoms with Gasteiger partial charge in [-0.3, -0.25) is 9.97 Å². The zero-order valence-electron chi connectivity index (χ0n) is 12.5. The van der Waals surface area contributed by atoms with E-state index in [4.69, 9.17) is 0 Å². The van der Waals surface area contributed by atoms with Crippen molar-refractivity contribution in [2.24, 2.45) is 11.8 Å². The van der Waals surface area contributed by atoms with E-state index in [1.807, 2.05) is 19.3 Å². The predicted molar refractivity (Wildman–Crippen MR) is 78.9 cm³/mol. The van der Waals surface area contributed by atoms with E-state index in [1.54, 1.807) is 0 Å². The van der Waals surface area contributed by atoms with Crippen LogP contribution in [-0.4, -0.2) is 16.5 Å². The van der Waals surface area contributed by atoms with Gasteiger partial charge in [-0.05, 0) is 44.6 Å². The minimum atomic E-state index is 0.385. The van der Waals surface area contributed by atoms with Gasteiger partial charge in [0.15, 0.2) is 0 Å². The molecule has 1 saturated carbocycles. The lowest BCUT2D eigenvalue weighted by atomic mass is 9.77. The zero-order valence-corrected chi connectivity index (χ0v) is 12.5. The Balaban J connectivity index is 2.12. The van der Waals surface area contributed by atoms with E-state index >= 15 is 0 Å². The molecule has 3 unspecified atom stereocenters. The Morgan fingerprint density at radius 2 is 2.16 bits per heavy atom. The Kier molecular flexibility index (Phi) is 5.32. The molecule has 1 aromatic heterocycles. The van der Waals surface area contributed by atoms with Gasteiger partial charge in [-0.25, -0.2) is 0 Å². The van der Waals surface area contributed by atoms with Crippen LogP contribution in [0.25, 0.3) is 0 Å². The second kappa shape index (κ2) is 6.99. The summed E-state index contributed by atoms with van der Waals surface area (Å²) in [6.45, 7) is 7.65. The summed E-state index contributed by atoms with van der Waals surface area (Å²) >= 11 is 0. The van der Waals surface area contributed by atoms with Crippen LogP contribution in [0.2, 0.25) is 0 Å². The lowest BCUT2D eigenvalue weighted by Crippen LogP contribution is -2.32. The normalized spacial score (nSPS) is 25.2. The molecule has 0 aliphatic heterocycles. The molecule has 1 N–H and O–H groups in total. The van der Waals surface area contributed by atoms with Crippen molar-refractivity contribution in [1.82, 2.24) is 15.3 Å². The maximum atomic E-state index is 4.61. The number of aromatic nitrogens is 2. The van der Waals surface area contributed by atoms with Gasteiger partial charge in [0.1, 0.15) is 0 Å². The third-order valence-electron chi connectivity index (χ3n) is 4.18. The highest BCUT2D eigenvalue weighted by atomic mass is 15.0. The molecule has 1 heterocycles. The number of nitrogens with zero attached hydrogens (tertiary/aromatic N) is 2. The fourth-order valence-corrected chi connectivity index (χ4v) is 3.16. The highest BCUT2D eigenvalue weighted by Crippen LogP contribution is 2.36. The molecule has 1 aromatic rings. The predicted octanol–water partition coefficient (Wildman–Crippen LogP) is 3.65. The van der Waals surface area contributed by atoms with Crippen LogP contribution in [0.4, 0.5) is 0 Å². The van der Waals surface area contributed by atoms with Gasteiger partial charge in [-0.15, -0.1) is 0 Å². The first-order chi connectivity index (χ1) is 9.20.